The van der Waals surface area contributed by atoms with Crippen molar-refractivity contribution in [3.8, 4) is 0 Å². The average Bonchev–Trinajstić information content (AvgIpc) is 2.62. The van der Waals surface area contributed by atoms with E-state index in [2.05, 4.69) is 10.1 Å². The van der Waals surface area contributed by atoms with Gasteiger partial charge in [0.2, 0.25) is 5.91 Å². The fourth-order valence-electron chi connectivity index (χ4n) is 2.32. The van der Waals surface area contributed by atoms with Crippen molar-refractivity contribution in [3.63, 3.8) is 0 Å². The van der Waals surface area contributed by atoms with Crippen molar-refractivity contribution in [2.75, 3.05) is 12.4 Å². The standard InChI is InChI=1S/C20H21NO4/c1-13-4-5-16(12-14(13)2)18(22)10-11-19(23)21-17-8-6-15(7-9-17)20(24)25-3/h4-9,12H,10-11H2,1-3H3,(H,21,23). The van der Waals surface area contributed by atoms with Crippen LogP contribution in [0.5, 0.6) is 0 Å². The number of carbonyl (C=O) groups excluding carboxylic acids is 3. The molecular weight excluding hydrogens is 318 g/mol. The number of esters is 1. The average molecular weight is 339 g/mol. The van der Waals surface area contributed by atoms with Gasteiger partial charge in [-0.3, -0.25) is 9.59 Å². The summed E-state index contributed by atoms with van der Waals surface area (Å²) in [6.07, 6.45) is 0.249. The predicted octanol–water partition coefficient (Wildman–Crippen LogP) is 3.69. The summed E-state index contributed by atoms with van der Waals surface area (Å²) in [5.41, 5.74) is 3.78. The highest BCUT2D eigenvalue weighted by Crippen LogP contribution is 2.14. The fraction of sp³-hybridized carbons (Fsp3) is 0.250. The third-order valence-corrected chi connectivity index (χ3v) is 4.00. The van der Waals surface area contributed by atoms with Gasteiger partial charge in [-0.05, 0) is 55.3 Å². The molecular formula is C20H21NO4. The lowest BCUT2D eigenvalue weighted by Gasteiger charge is -2.07. The Hall–Kier alpha value is -2.95. The number of Topliss-reactive ketones (excluding diaryl/α,β-unsaturated/α-hetero) is 1. The number of anilines is 1. The zero-order valence-electron chi connectivity index (χ0n) is 14.6. The van der Waals surface area contributed by atoms with Crippen molar-refractivity contribution in [1.29, 1.82) is 0 Å². The zero-order valence-corrected chi connectivity index (χ0v) is 14.6. The lowest BCUT2D eigenvalue weighted by Crippen LogP contribution is -2.13. The summed E-state index contributed by atoms with van der Waals surface area (Å²) in [7, 11) is 1.31. The molecule has 130 valence electrons. The monoisotopic (exact) mass is 339 g/mol. The molecule has 2 aromatic rings. The lowest BCUT2D eigenvalue weighted by atomic mass is 10.0. The minimum Gasteiger partial charge on any atom is -0.465 e. The number of hydrogen-bond donors (Lipinski definition) is 1. The second kappa shape index (κ2) is 8.24. The molecule has 0 heterocycles. The molecule has 0 atom stereocenters. The number of carbonyl (C=O) groups is 3. The summed E-state index contributed by atoms with van der Waals surface area (Å²) in [5, 5.41) is 2.71. The maximum absolute atomic E-state index is 12.2. The van der Waals surface area contributed by atoms with Crippen LogP contribution in [-0.2, 0) is 9.53 Å². The molecule has 1 amide bonds. The van der Waals surface area contributed by atoms with E-state index in [9.17, 15) is 14.4 Å². The quantitative estimate of drug-likeness (QED) is 0.643. The molecule has 5 nitrogen and oxygen atoms in total. The molecule has 0 bridgehead atoms. The van der Waals surface area contributed by atoms with E-state index in [1.807, 2.05) is 26.0 Å². The molecule has 0 aliphatic heterocycles. The first kappa shape index (κ1) is 18.4. The van der Waals surface area contributed by atoms with E-state index in [1.54, 1.807) is 30.3 Å². The van der Waals surface area contributed by atoms with Gasteiger partial charge < -0.3 is 10.1 Å². The number of benzene rings is 2. The highest BCUT2D eigenvalue weighted by atomic mass is 16.5. The summed E-state index contributed by atoms with van der Waals surface area (Å²) < 4.78 is 4.62. The summed E-state index contributed by atoms with van der Waals surface area (Å²) in [6.45, 7) is 3.94. The predicted molar refractivity (Wildman–Crippen MR) is 95.9 cm³/mol. The first-order valence-electron chi connectivity index (χ1n) is 7.99. The molecule has 0 saturated carbocycles. The topological polar surface area (TPSA) is 72.5 Å². The van der Waals surface area contributed by atoms with Gasteiger partial charge in [-0.2, -0.15) is 0 Å². The summed E-state index contributed by atoms with van der Waals surface area (Å²) >= 11 is 0. The summed E-state index contributed by atoms with van der Waals surface area (Å²) in [4.78, 5) is 35.5. The Balaban J connectivity index is 1.88. The van der Waals surface area contributed by atoms with Gasteiger partial charge in [0.05, 0.1) is 12.7 Å². The van der Waals surface area contributed by atoms with E-state index in [0.29, 0.717) is 16.8 Å². The minimum atomic E-state index is -0.433. The van der Waals surface area contributed by atoms with Gasteiger partial charge in [0.25, 0.3) is 0 Å². The first-order valence-corrected chi connectivity index (χ1v) is 7.99. The smallest absolute Gasteiger partial charge is 0.337 e. The molecule has 5 heteroatoms. The van der Waals surface area contributed by atoms with Crippen LogP contribution in [0.25, 0.3) is 0 Å². The first-order chi connectivity index (χ1) is 11.9. The van der Waals surface area contributed by atoms with Crippen LogP contribution < -0.4 is 5.32 Å². The van der Waals surface area contributed by atoms with Crippen LogP contribution in [0.15, 0.2) is 42.5 Å². The van der Waals surface area contributed by atoms with Crippen LogP contribution in [0.2, 0.25) is 0 Å². The van der Waals surface area contributed by atoms with Gasteiger partial charge in [-0.1, -0.05) is 12.1 Å². The Morgan fingerprint density at radius 3 is 2.12 bits per heavy atom. The maximum atomic E-state index is 12.2. The number of hydrogen-bond acceptors (Lipinski definition) is 4. The molecule has 0 fully saturated rings. The van der Waals surface area contributed by atoms with Crippen LogP contribution in [0, 0.1) is 13.8 Å². The van der Waals surface area contributed by atoms with Crippen molar-refractivity contribution >= 4 is 23.3 Å². The number of ether oxygens (including phenoxy) is 1. The van der Waals surface area contributed by atoms with E-state index >= 15 is 0 Å². The van der Waals surface area contributed by atoms with Crippen molar-refractivity contribution in [2.24, 2.45) is 0 Å². The molecule has 0 radical (unpaired) electrons. The van der Waals surface area contributed by atoms with E-state index in [0.717, 1.165) is 11.1 Å². The maximum Gasteiger partial charge on any atom is 0.337 e. The van der Waals surface area contributed by atoms with E-state index < -0.39 is 5.97 Å². The van der Waals surface area contributed by atoms with Gasteiger partial charge in [0, 0.05) is 24.1 Å². The van der Waals surface area contributed by atoms with Crippen LogP contribution in [-0.4, -0.2) is 24.8 Å². The second-order valence-electron chi connectivity index (χ2n) is 5.84. The van der Waals surface area contributed by atoms with E-state index in [4.69, 9.17) is 0 Å². The lowest BCUT2D eigenvalue weighted by molar-refractivity contribution is -0.116. The Bertz CT molecular complexity index is 794. The summed E-state index contributed by atoms with van der Waals surface area (Å²) in [6, 6.07) is 11.9. The van der Waals surface area contributed by atoms with Gasteiger partial charge in [0.15, 0.2) is 5.78 Å². The molecule has 2 aromatic carbocycles. The number of amides is 1. The number of ketones is 1. The molecule has 1 N–H and O–H groups in total. The van der Waals surface area contributed by atoms with Gasteiger partial charge in [-0.15, -0.1) is 0 Å². The molecule has 0 unspecified atom stereocenters. The molecule has 0 aliphatic carbocycles. The zero-order chi connectivity index (χ0) is 18.4. The van der Waals surface area contributed by atoms with Crippen molar-refractivity contribution in [2.45, 2.75) is 26.7 Å². The van der Waals surface area contributed by atoms with Crippen molar-refractivity contribution < 1.29 is 19.1 Å². The fourth-order valence-corrected chi connectivity index (χ4v) is 2.32. The van der Waals surface area contributed by atoms with Crippen LogP contribution in [0.4, 0.5) is 5.69 Å². The third kappa shape index (κ3) is 5.01. The molecule has 0 spiro atoms. The highest BCUT2D eigenvalue weighted by molar-refractivity contribution is 6.00. The Kier molecular flexibility index (Phi) is 6.06. The number of methoxy groups -OCH3 is 1. The summed E-state index contributed by atoms with van der Waals surface area (Å²) in [5.74, 6) is -0.737. The SMILES string of the molecule is COC(=O)c1ccc(NC(=O)CCC(=O)c2ccc(C)c(C)c2)cc1. The second-order valence-corrected chi connectivity index (χ2v) is 5.84. The minimum absolute atomic E-state index is 0.0562. The Morgan fingerprint density at radius 2 is 1.52 bits per heavy atom. The van der Waals surface area contributed by atoms with Crippen molar-refractivity contribution in [3.05, 3.63) is 64.7 Å². The van der Waals surface area contributed by atoms with Gasteiger partial charge in [-0.25, -0.2) is 4.79 Å². The number of nitrogens with one attached hydrogen (secondary N) is 1. The van der Waals surface area contributed by atoms with Crippen LogP contribution in [0.1, 0.15) is 44.7 Å². The molecule has 2 rings (SSSR count). The molecule has 0 aliphatic rings. The van der Waals surface area contributed by atoms with Crippen LogP contribution >= 0.6 is 0 Å². The van der Waals surface area contributed by atoms with Gasteiger partial charge >= 0.3 is 5.97 Å². The Morgan fingerprint density at radius 1 is 0.880 bits per heavy atom. The number of rotatable bonds is 6. The van der Waals surface area contributed by atoms with E-state index in [1.165, 1.54) is 7.11 Å². The normalized spacial score (nSPS) is 10.2. The molecule has 0 saturated heterocycles. The largest absolute Gasteiger partial charge is 0.465 e. The van der Waals surface area contributed by atoms with Crippen LogP contribution in [0.3, 0.4) is 0 Å². The molecule has 25 heavy (non-hydrogen) atoms. The highest BCUT2D eigenvalue weighted by Gasteiger charge is 2.11. The van der Waals surface area contributed by atoms with Gasteiger partial charge in [0.1, 0.15) is 0 Å². The van der Waals surface area contributed by atoms with E-state index in [-0.39, 0.29) is 24.5 Å². The van der Waals surface area contributed by atoms with Crippen molar-refractivity contribution in [1.82, 2.24) is 0 Å². The number of aryl methyl sites for hydroxylation is 2. The third-order valence-electron chi connectivity index (χ3n) is 4.00. The molecule has 0 aromatic heterocycles. The Labute approximate surface area is 147 Å².